The van der Waals surface area contributed by atoms with Crippen molar-refractivity contribution >= 4 is 11.6 Å². The van der Waals surface area contributed by atoms with Crippen LogP contribution in [0.1, 0.15) is 84.0 Å². The Morgan fingerprint density at radius 1 is 0.889 bits per heavy atom. The third kappa shape index (κ3) is 4.67. The van der Waals surface area contributed by atoms with E-state index in [2.05, 4.69) is 12.2 Å². The number of anilines is 1. The molecule has 6 rings (SSSR count). The predicted octanol–water partition coefficient (Wildman–Crippen LogP) is 5.05. The summed E-state index contributed by atoms with van der Waals surface area (Å²) >= 11 is 0. The van der Waals surface area contributed by atoms with E-state index in [1.807, 2.05) is 24.3 Å². The van der Waals surface area contributed by atoms with Crippen LogP contribution in [0.3, 0.4) is 0 Å². The van der Waals surface area contributed by atoms with Crippen LogP contribution >= 0.6 is 0 Å². The molecule has 0 bridgehead atoms. The van der Waals surface area contributed by atoms with E-state index in [9.17, 15) is 4.79 Å². The number of amides is 1. The van der Waals surface area contributed by atoms with Gasteiger partial charge in [-0.2, -0.15) is 0 Å². The second-order valence-electron chi connectivity index (χ2n) is 10.9. The highest BCUT2D eigenvalue weighted by Gasteiger charge is 2.65. The standard InChI is InChI=1S/C28H39NO7/c1-2-3-18-31-20-13-7-6-12-19(20)29-25(30)23-21-22(34-27(33-21)14-8-4-9-15-27)24-26(32-23)36-28(35-24)16-10-5-11-17-28/h6-7,12-13,21-24,26H,2-5,8-11,14-18H2,1H3,(H,29,30)/t21-,22+,23+,24-,26+/m1/s1. The number of nitrogens with one attached hydrogen (secondary N) is 1. The first kappa shape index (κ1) is 24.6. The number of benzene rings is 1. The van der Waals surface area contributed by atoms with Crippen LogP contribution in [0, 0.1) is 0 Å². The first-order valence-corrected chi connectivity index (χ1v) is 14.0. The highest BCUT2D eigenvalue weighted by atomic mass is 16.9. The fourth-order valence-corrected chi connectivity index (χ4v) is 6.39. The number of carbonyl (C=O) groups is 1. The highest BCUT2D eigenvalue weighted by molar-refractivity contribution is 5.96. The lowest BCUT2D eigenvalue weighted by atomic mass is 9.94. The lowest BCUT2D eigenvalue weighted by Gasteiger charge is -2.36. The molecule has 198 valence electrons. The summed E-state index contributed by atoms with van der Waals surface area (Å²) in [5, 5.41) is 3.04. The average molecular weight is 502 g/mol. The Bertz CT molecular complexity index is 926. The van der Waals surface area contributed by atoms with Gasteiger partial charge in [0, 0.05) is 25.7 Å². The molecule has 3 saturated heterocycles. The zero-order valence-corrected chi connectivity index (χ0v) is 21.2. The minimum Gasteiger partial charge on any atom is -0.491 e. The summed E-state index contributed by atoms with van der Waals surface area (Å²) in [6, 6.07) is 7.51. The van der Waals surface area contributed by atoms with Crippen LogP contribution in [0.4, 0.5) is 5.69 Å². The van der Waals surface area contributed by atoms with E-state index in [0.717, 1.165) is 64.2 Å². The Morgan fingerprint density at radius 3 is 2.25 bits per heavy atom. The molecule has 5 fully saturated rings. The maximum atomic E-state index is 13.7. The quantitative estimate of drug-likeness (QED) is 0.546. The number of para-hydroxylation sites is 2. The minimum absolute atomic E-state index is 0.278. The second kappa shape index (κ2) is 10.2. The molecule has 8 heteroatoms. The third-order valence-electron chi connectivity index (χ3n) is 8.27. The zero-order chi connectivity index (χ0) is 24.6. The van der Waals surface area contributed by atoms with Crippen molar-refractivity contribution < 1.29 is 33.2 Å². The fourth-order valence-electron chi connectivity index (χ4n) is 6.39. The monoisotopic (exact) mass is 501 g/mol. The second-order valence-corrected chi connectivity index (χ2v) is 10.9. The van der Waals surface area contributed by atoms with Crippen LogP contribution in [0.5, 0.6) is 5.75 Å². The van der Waals surface area contributed by atoms with Gasteiger partial charge in [0.15, 0.2) is 24.0 Å². The lowest BCUT2D eigenvalue weighted by molar-refractivity contribution is -0.246. The van der Waals surface area contributed by atoms with Crippen LogP contribution in [-0.4, -0.2) is 54.8 Å². The predicted molar refractivity (Wildman–Crippen MR) is 131 cm³/mol. The molecule has 0 aromatic heterocycles. The summed E-state index contributed by atoms with van der Waals surface area (Å²) in [4.78, 5) is 13.7. The van der Waals surface area contributed by atoms with E-state index in [-0.39, 0.29) is 5.91 Å². The number of fused-ring (bicyclic) bond motifs is 3. The van der Waals surface area contributed by atoms with Gasteiger partial charge in [0.05, 0.1) is 12.3 Å². The van der Waals surface area contributed by atoms with Gasteiger partial charge in [0.1, 0.15) is 24.1 Å². The number of carbonyl (C=O) groups excluding carboxylic acids is 1. The average Bonchev–Trinajstić information content (AvgIpc) is 3.43. The van der Waals surface area contributed by atoms with Gasteiger partial charge in [-0.15, -0.1) is 0 Å². The summed E-state index contributed by atoms with van der Waals surface area (Å²) in [5.74, 6) is -0.940. The Hall–Kier alpha value is -1.71. The molecular weight excluding hydrogens is 462 g/mol. The summed E-state index contributed by atoms with van der Waals surface area (Å²) in [6.45, 7) is 2.72. The van der Waals surface area contributed by atoms with E-state index in [1.165, 1.54) is 12.8 Å². The molecule has 1 aromatic rings. The van der Waals surface area contributed by atoms with Crippen LogP contribution in [0.2, 0.25) is 0 Å². The molecular formula is C28H39NO7. The van der Waals surface area contributed by atoms with Gasteiger partial charge >= 0.3 is 0 Å². The summed E-state index contributed by atoms with van der Waals surface area (Å²) in [6.07, 6.45) is 9.02. The molecule has 2 aliphatic carbocycles. The Balaban J connectivity index is 1.24. The van der Waals surface area contributed by atoms with Crippen molar-refractivity contribution in [1.29, 1.82) is 0 Å². The summed E-state index contributed by atoms with van der Waals surface area (Å²) in [7, 11) is 0. The summed E-state index contributed by atoms with van der Waals surface area (Å²) in [5.41, 5.74) is 0.625. The normalized spacial score (nSPS) is 34.3. The van der Waals surface area contributed by atoms with Crippen LogP contribution in [-0.2, 0) is 28.5 Å². The van der Waals surface area contributed by atoms with Crippen molar-refractivity contribution in [2.45, 2.75) is 126 Å². The van der Waals surface area contributed by atoms with Gasteiger partial charge in [-0.05, 0) is 44.2 Å². The zero-order valence-electron chi connectivity index (χ0n) is 21.2. The van der Waals surface area contributed by atoms with Crippen molar-refractivity contribution in [2.24, 2.45) is 0 Å². The first-order chi connectivity index (χ1) is 17.6. The molecule has 3 heterocycles. The molecule has 3 aliphatic heterocycles. The topological polar surface area (TPSA) is 84.5 Å². The van der Waals surface area contributed by atoms with E-state index in [4.69, 9.17) is 28.4 Å². The van der Waals surface area contributed by atoms with Gasteiger partial charge in [-0.1, -0.05) is 38.3 Å². The number of hydrogen-bond donors (Lipinski definition) is 1. The number of hydrogen-bond acceptors (Lipinski definition) is 7. The molecule has 8 nitrogen and oxygen atoms in total. The smallest absolute Gasteiger partial charge is 0.256 e. The van der Waals surface area contributed by atoms with Crippen molar-refractivity contribution in [3.63, 3.8) is 0 Å². The van der Waals surface area contributed by atoms with Crippen molar-refractivity contribution in [3.05, 3.63) is 24.3 Å². The van der Waals surface area contributed by atoms with Crippen LogP contribution in [0.25, 0.3) is 0 Å². The molecule has 36 heavy (non-hydrogen) atoms. The molecule has 2 saturated carbocycles. The van der Waals surface area contributed by atoms with E-state index >= 15 is 0 Å². The maximum Gasteiger partial charge on any atom is 0.256 e. The molecule has 5 atom stereocenters. The Kier molecular flexibility index (Phi) is 6.99. The van der Waals surface area contributed by atoms with E-state index in [0.29, 0.717) is 18.0 Å². The van der Waals surface area contributed by atoms with E-state index < -0.39 is 42.3 Å². The van der Waals surface area contributed by atoms with Gasteiger partial charge in [0.25, 0.3) is 5.91 Å². The Labute approximate surface area is 213 Å². The number of rotatable bonds is 6. The SMILES string of the molecule is CCCCOc1ccccc1NC(=O)[C@H]1O[C@H]2OC3(CCCCC3)O[C@@H]2[C@H]2OC3(CCCCC3)O[C@H]21. The van der Waals surface area contributed by atoms with Gasteiger partial charge in [-0.3, -0.25) is 4.79 Å². The van der Waals surface area contributed by atoms with Gasteiger partial charge in [0.2, 0.25) is 0 Å². The largest absolute Gasteiger partial charge is 0.491 e. The highest BCUT2D eigenvalue weighted by Crippen LogP contribution is 2.51. The minimum atomic E-state index is -0.872. The van der Waals surface area contributed by atoms with E-state index in [1.54, 1.807) is 0 Å². The van der Waals surface area contributed by atoms with Crippen LogP contribution in [0.15, 0.2) is 24.3 Å². The third-order valence-corrected chi connectivity index (χ3v) is 8.27. The number of ether oxygens (including phenoxy) is 6. The van der Waals surface area contributed by atoms with Crippen molar-refractivity contribution in [3.8, 4) is 5.75 Å². The molecule has 5 aliphatic rings. The molecule has 1 aromatic carbocycles. The molecule has 1 N–H and O–H groups in total. The first-order valence-electron chi connectivity index (χ1n) is 14.0. The summed E-state index contributed by atoms with van der Waals surface area (Å²) < 4.78 is 38.5. The molecule has 2 spiro atoms. The lowest BCUT2D eigenvalue weighted by Crippen LogP contribution is -2.58. The maximum absolute atomic E-state index is 13.7. The van der Waals surface area contributed by atoms with Crippen molar-refractivity contribution in [1.82, 2.24) is 0 Å². The number of unbranched alkanes of at least 4 members (excludes halogenated alkanes) is 1. The van der Waals surface area contributed by atoms with Crippen molar-refractivity contribution in [2.75, 3.05) is 11.9 Å². The fraction of sp³-hybridized carbons (Fsp3) is 0.750. The molecule has 1 amide bonds. The van der Waals surface area contributed by atoms with Crippen LogP contribution < -0.4 is 10.1 Å². The van der Waals surface area contributed by atoms with Gasteiger partial charge < -0.3 is 33.7 Å². The molecule has 0 radical (unpaired) electrons. The Morgan fingerprint density at radius 2 is 1.53 bits per heavy atom. The molecule has 0 unspecified atom stereocenters. The van der Waals surface area contributed by atoms with Gasteiger partial charge in [-0.25, -0.2) is 0 Å².